The molecule has 0 aromatic heterocycles. The van der Waals surface area contributed by atoms with Gasteiger partial charge in [0.2, 0.25) is 0 Å². The fourth-order valence-corrected chi connectivity index (χ4v) is 3.08. The molecule has 0 aromatic rings. The molecule has 21 heavy (non-hydrogen) atoms. The average Bonchev–Trinajstić information content (AvgIpc) is 2.34. The molecule has 0 amide bonds. The van der Waals surface area contributed by atoms with Gasteiger partial charge in [-0.1, -0.05) is 6.08 Å². The fourth-order valence-electron chi connectivity index (χ4n) is 1.56. The van der Waals surface area contributed by atoms with Crippen LogP contribution in [0.5, 0.6) is 0 Å². The predicted octanol–water partition coefficient (Wildman–Crippen LogP) is 1.70. The van der Waals surface area contributed by atoms with E-state index in [1.165, 1.54) is 6.08 Å². The second-order valence-electron chi connectivity index (χ2n) is 4.49. The minimum atomic E-state index is -5.08. The Morgan fingerprint density at radius 1 is 1.33 bits per heavy atom. The van der Waals surface area contributed by atoms with Gasteiger partial charge >= 0.3 is 15.6 Å². The normalized spacial score (nSPS) is 23.8. The molecule has 1 rings (SSSR count). The standard InChI is InChI=1S/C10H20O9P2/c1-9(8-17-10-4-2-3-6-16-10)5-7-18-21(14,15)19-20(11,12)13/h5,10H,2-4,6-8H2,1H3,(H,14,15)(H2,11,12,13)/b9-5-. The van der Waals surface area contributed by atoms with Crippen molar-refractivity contribution >= 4 is 15.6 Å². The quantitative estimate of drug-likeness (QED) is 0.444. The maximum absolute atomic E-state index is 11.2. The molecule has 124 valence electrons. The molecular formula is C10H20O9P2. The Kier molecular flexibility index (Phi) is 7.70. The van der Waals surface area contributed by atoms with Crippen molar-refractivity contribution in [3.8, 4) is 0 Å². The smallest absolute Gasteiger partial charge is 0.353 e. The third kappa shape index (κ3) is 9.52. The highest BCUT2D eigenvalue weighted by Gasteiger charge is 2.31. The molecule has 11 heteroatoms. The Bertz CT molecular complexity index is 438. The van der Waals surface area contributed by atoms with Crippen molar-refractivity contribution in [3.63, 3.8) is 0 Å². The van der Waals surface area contributed by atoms with E-state index in [4.69, 9.17) is 24.2 Å². The summed E-state index contributed by atoms with van der Waals surface area (Å²) in [5, 5.41) is 0. The van der Waals surface area contributed by atoms with Gasteiger partial charge in [-0.3, -0.25) is 4.52 Å². The lowest BCUT2D eigenvalue weighted by atomic mass is 10.2. The zero-order chi connectivity index (χ0) is 15.9. The summed E-state index contributed by atoms with van der Waals surface area (Å²) in [7, 11) is -9.87. The second-order valence-corrected chi connectivity index (χ2v) is 7.32. The van der Waals surface area contributed by atoms with Crippen LogP contribution in [-0.2, 0) is 27.4 Å². The van der Waals surface area contributed by atoms with Crippen LogP contribution in [0.3, 0.4) is 0 Å². The molecule has 1 fully saturated rings. The molecule has 0 radical (unpaired) electrons. The summed E-state index contributed by atoms with van der Waals surface area (Å²) in [5.74, 6) is 0. The van der Waals surface area contributed by atoms with Gasteiger partial charge in [-0.05, 0) is 31.8 Å². The van der Waals surface area contributed by atoms with Gasteiger partial charge in [-0.25, -0.2) is 9.13 Å². The van der Waals surface area contributed by atoms with Gasteiger partial charge in [-0.15, -0.1) is 0 Å². The second kappa shape index (κ2) is 8.53. The van der Waals surface area contributed by atoms with Crippen molar-refractivity contribution in [2.45, 2.75) is 32.5 Å². The number of phosphoric ester groups is 1. The van der Waals surface area contributed by atoms with Crippen molar-refractivity contribution in [1.82, 2.24) is 0 Å². The van der Waals surface area contributed by atoms with E-state index in [1.54, 1.807) is 6.92 Å². The number of rotatable bonds is 8. The van der Waals surface area contributed by atoms with Crippen LogP contribution in [-0.4, -0.2) is 40.8 Å². The first-order valence-corrected chi connectivity index (χ1v) is 9.33. The number of hydrogen-bond donors (Lipinski definition) is 3. The summed E-state index contributed by atoms with van der Waals surface area (Å²) in [5.41, 5.74) is 0.723. The largest absolute Gasteiger partial charge is 0.481 e. The van der Waals surface area contributed by atoms with Crippen LogP contribution in [0, 0.1) is 0 Å². The third-order valence-corrected chi connectivity index (χ3v) is 4.67. The van der Waals surface area contributed by atoms with Crippen LogP contribution < -0.4 is 0 Å². The van der Waals surface area contributed by atoms with Crippen molar-refractivity contribution in [2.24, 2.45) is 0 Å². The monoisotopic (exact) mass is 346 g/mol. The van der Waals surface area contributed by atoms with Gasteiger partial charge in [0.15, 0.2) is 6.29 Å². The molecule has 1 aliphatic rings. The van der Waals surface area contributed by atoms with E-state index in [-0.39, 0.29) is 19.5 Å². The lowest BCUT2D eigenvalue weighted by Crippen LogP contribution is -2.22. The molecule has 1 heterocycles. The SMILES string of the molecule is C/C(=C/COP(=O)(O)OP(=O)(O)O)COC1CCCCO1. The van der Waals surface area contributed by atoms with E-state index < -0.39 is 15.6 Å². The predicted molar refractivity (Wildman–Crippen MR) is 72.2 cm³/mol. The van der Waals surface area contributed by atoms with Gasteiger partial charge < -0.3 is 24.2 Å². The molecule has 9 nitrogen and oxygen atoms in total. The van der Waals surface area contributed by atoms with E-state index in [2.05, 4.69) is 8.83 Å². The van der Waals surface area contributed by atoms with E-state index in [9.17, 15) is 9.13 Å². The topological polar surface area (TPSA) is 132 Å². The Balaban J connectivity index is 2.28. The van der Waals surface area contributed by atoms with Crippen molar-refractivity contribution in [2.75, 3.05) is 19.8 Å². The Hall–Kier alpha value is -0.0800. The van der Waals surface area contributed by atoms with Crippen molar-refractivity contribution in [3.05, 3.63) is 11.6 Å². The summed E-state index contributed by atoms with van der Waals surface area (Å²) in [6, 6.07) is 0. The summed E-state index contributed by atoms with van der Waals surface area (Å²) < 4.78 is 40.5. The zero-order valence-corrected chi connectivity index (χ0v) is 13.4. The molecule has 1 saturated heterocycles. The maximum Gasteiger partial charge on any atom is 0.481 e. The van der Waals surface area contributed by atoms with Crippen LogP contribution >= 0.6 is 15.6 Å². The highest BCUT2D eigenvalue weighted by atomic mass is 31.3. The highest BCUT2D eigenvalue weighted by molar-refractivity contribution is 7.60. The van der Waals surface area contributed by atoms with Crippen LogP contribution in [0.4, 0.5) is 0 Å². The Morgan fingerprint density at radius 2 is 2.05 bits per heavy atom. The maximum atomic E-state index is 11.2. The minimum absolute atomic E-state index is 0.245. The minimum Gasteiger partial charge on any atom is -0.353 e. The van der Waals surface area contributed by atoms with Crippen LogP contribution in [0.25, 0.3) is 0 Å². The van der Waals surface area contributed by atoms with E-state index >= 15 is 0 Å². The van der Waals surface area contributed by atoms with E-state index in [0.29, 0.717) is 6.61 Å². The molecule has 2 atom stereocenters. The van der Waals surface area contributed by atoms with Gasteiger partial charge in [0.25, 0.3) is 0 Å². The van der Waals surface area contributed by atoms with Crippen LogP contribution in [0.15, 0.2) is 11.6 Å². The Morgan fingerprint density at radius 3 is 2.62 bits per heavy atom. The lowest BCUT2D eigenvalue weighted by Gasteiger charge is -2.22. The molecule has 3 N–H and O–H groups in total. The summed E-state index contributed by atoms with van der Waals surface area (Å²) in [6.45, 7) is 2.32. The summed E-state index contributed by atoms with van der Waals surface area (Å²) >= 11 is 0. The number of phosphoric acid groups is 2. The zero-order valence-electron chi connectivity index (χ0n) is 11.6. The molecule has 2 unspecified atom stereocenters. The molecule has 0 spiro atoms. The molecule has 0 aliphatic carbocycles. The summed E-state index contributed by atoms with van der Waals surface area (Å²) in [6.07, 6.45) is 4.10. The summed E-state index contributed by atoms with van der Waals surface area (Å²) in [4.78, 5) is 25.9. The van der Waals surface area contributed by atoms with Gasteiger partial charge in [0.1, 0.15) is 0 Å². The van der Waals surface area contributed by atoms with Crippen molar-refractivity contribution < 1.29 is 42.1 Å². The first kappa shape index (κ1) is 19.0. The molecular weight excluding hydrogens is 326 g/mol. The number of ether oxygens (including phenoxy) is 2. The van der Waals surface area contributed by atoms with Gasteiger partial charge in [-0.2, -0.15) is 4.31 Å². The third-order valence-electron chi connectivity index (χ3n) is 2.51. The van der Waals surface area contributed by atoms with Crippen LogP contribution in [0.2, 0.25) is 0 Å². The van der Waals surface area contributed by atoms with Gasteiger partial charge in [0, 0.05) is 6.61 Å². The lowest BCUT2D eigenvalue weighted by molar-refractivity contribution is -0.156. The number of hydrogen-bond acceptors (Lipinski definition) is 6. The molecule has 0 aromatic carbocycles. The van der Waals surface area contributed by atoms with Crippen LogP contribution in [0.1, 0.15) is 26.2 Å². The first-order valence-electron chi connectivity index (χ1n) is 6.31. The Labute approximate surface area is 122 Å². The molecule has 0 bridgehead atoms. The van der Waals surface area contributed by atoms with E-state index in [0.717, 1.165) is 24.8 Å². The molecule has 1 aliphatic heterocycles. The average molecular weight is 346 g/mol. The molecule has 0 saturated carbocycles. The highest BCUT2D eigenvalue weighted by Crippen LogP contribution is 2.57. The van der Waals surface area contributed by atoms with E-state index in [1.807, 2.05) is 0 Å². The fraction of sp³-hybridized carbons (Fsp3) is 0.800. The van der Waals surface area contributed by atoms with Crippen molar-refractivity contribution in [1.29, 1.82) is 0 Å². The van der Waals surface area contributed by atoms with Gasteiger partial charge in [0.05, 0.1) is 13.2 Å². The first-order chi connectivity index (χ1) is 9.68.